The van der Waals surface area contributed by atoms with Crippen LogP contribution in [0.25, 0.3) is 5.76 Å². The van der Waals surface area contributed by atoms with Gasteiger partial charge in [-0.15, -0.1) is 0 Å². The normalized spacial score (nSPS) is 16.9. The van der Waals surface area contributed by atoms with Gasteiger partial charge in [0.2, 0.25) is 0 Å². The molecule has 1 atom stereocenters. The first-order chi connectivity index (χ1) is 16.9. The van der Waals surface area contributed by atoms with Crippen LogP contribution in [-0.4, -0.2) is 33.2 Å². The zero-order chi connectivity index (χ0) is 24.9. The first kappa shape index (κ1) is 23.7. The zero-order valence-electron chi connectivity index (χ0n) is 19.1. The Morgan fingerprint density at radius 3 is 2.26 bits per heavy atom. The minimum Gasteiger partial charge on any atom is -0.507 e. The monoisotopic (exact) mass is 472 g/mol. The lowest BCUT2D eigenvalue weighted by molar-refractivity contribution is -0.384. The molecule has 178 valence electrons. The number of ketones is 1. The fourth-order valence-corrected chi connectivity index (χ4v) is 4.03. The lowest BCUT2D eigenvalue weighted by Crippen LogP contribution is -2.29. The molecule has 1 aliphatic rings. The molecule has 1 saturated heterocycles. The number of ether oxygens (including phenoxy) is 1. The molecule has 1 aliphatic heterocycles. The first-order valence-electron chi connectivity index (χ1n) is 11.2. The molecule has 0 aliphatic carbocycles. The number of hydrogen-bond acceptors (Lipinski definition) is 6. The van der Waals surface area contributed by atoms with Gasteiger partial charge in [0.05, 0.1) is 23.1 Å². The Bertz CT molecular complexity index is 1270. The summed E-state index contributed by atoms with van der Waals surface area (Å²) in [7, 11) is 0. The number of aliphatic hydroxyl groups excluding tert-OH is 1. The molecule has 35 heavy (non-hydrogen) atoms. The van der Waals surface area contributed by atoms with Crippen molar-refractivity contribution in [2.75, 3.05) is 6.61 Å². The maximum Gasteiger partial charge on any atom is 0.295 e. The molecule has 4 rings (SSSR count). The van der Waals surface area contributed by atoms with E-state index in [0.29, 0.717) is 23.5 Å². The van der Waals surface area contributed by atoms with Gasteiger partial charge in [0.1, 0.15) is 11.5 Å². The van der Waals surface area contributed by atoms with E-state index in [1.54, 1.807) is 24.3 Å². The molecule has 1 heterocycles. The van der Waals surface area contributed by atoms with Crippen LogP contribution >= 0.6 is 0 Å². The second-order valence-electron chi connectivity index (χ2n) is 8.13. The summed E-state index contributed by atoms with van der Waals surface area (Å²) in [5, 5.41) is 22.3. The van der Waals surface area contributed by atoms with Crippen LogP contribution in [0.3, 0.4) is 0 Å². The summed E-state index contributed by atoms with van der Waals surface area (Å²) >= 11 is 0. The third kappa shape index (κ3) is 4.91. The van der Waals surface area contributed by atoms with Crippen LogP contribution in [0.1, 0.15) is 36.1 Å². The van der Waals surface area contributed by atoms with Crippen molar-refractivity contribution >= 4 is 23.1 Å². The number of likely N-dealkylation sites (tertiary alicyclic amines) is 1. The summed E-state index contributed by atoms with van der Waals surface area (Å²) < 4.78 is 5.58. The number of Topliss-reactive ketones (excluding diaryl/α,β-unsaturated/α-hetero) is 1. The summed E-state index contributed by atoms with van der Waals surface area (Å²) in [6, 6.07) is 20.5. The highest BCUT2D eigenvalue weighted by molar-refractivity contribution is 6.46. The molecule has 0 saturated carbocycles. The third-order valence-electron chi connectivity index (χ3n) is 5.76. The van der Waals surface area contributed by atoms with E-state index < -0.39 is 22.7 Å². The molecule has 1 unspecified atom stereocenters. The topological polar surface area (TPSA) is 110 Å². The van der Waals surface area contributed by atoms with E-state index in [1.165, 1.54) is 29.2 Å². The van der Waals surface area contributed by atoms with Gasteiger partial charge in [-0.1, -0.05) is 37.3 Å². The van der Waals surface area contributed by atoms with Crippen molar-refractivity contribution in [3.63, 3.8) is 0 Å². The summed E-state index contributed by atoms with van der Waals surface area (Å²) in [6.07, 6.45) is 0.849. The molecule has 8 nitrogen and oxygen atoms in total. The Kier molecular flexibility index (Phi) is 6.91. The predicted octanol–water partition coefficient (Wildman–Crippen LogP) is 5.01. The molecule has 0 bridgehead atoms. The van der Waals surface area contributed by atoms with Crippen molar-refractivity contribution < 1.29 is 24.4 Å². The van der Waals surface area contributed by atoms with Gasteiger partial charge in [-0.2, -0.15) is 0 Å². The number of rotatable bonds is 8. The standard InChI is InChI=1S/C27H24N2O6/c1-2-16-35-22-14-10-20(11-15-22)25(30)23-24(19-8-12-21(13-9-19)29(33)34)28(27(32)26(23)31)17-18-6-4-3-5-7-18/h3-15,24,30H,2,16-17H2,1H3/b25-23+. The largest absolute Gasteiger partial charge is 0.507 e. The molecule has 3 aromatic rings. The zero-order valence-corrected chi connectivity index (χ0v) is 19.1. The highest BCUT2D eigenvalue weighted by Crippen LogP contribution is 2.40. The van der Waals surface area contributed by atoms with Gasteiger partial charge in [0.25, 0.3) is 17.4 Å². The summed E-state index contributed by atoms with van der Waals surface area (Å²) in [5.74, 6) is -1.25. The number of nitro groups is 1. The van der Waals surface area contributed by atoms with Gasteiger partial charge >= 0.3 is 0 Å². The van der Waals surface area contributed by atoms with Gasteiger partial charge in [-0.05, 0) is 53.9 Å². The maximum absolute atomic E-state index is 13.1. The number of non-ortho nitro benzene ring substituents is 1. The van der Waals surface area contributed by atoms with Crippen LogP contribution in [0.5, 0.6) is 5.75 Å². The van der Waals surface area contributed by atoms with Gasteiger partial charge in [-0.25, -0.2) is 0 Å². The van der Waals surface area contributed by atoms with E-state index >= 15 is 0 Å². The Morgan fingerprint density at radius 1 is 1.00 bits per heavy atom. The fourth-order valence-electron chi connectivity index (χ4n) is 4.03. The summed E-state index contributed by atoms with van der Waals surface area (Å²) in [4.78, 5) is 38.2. The average Bonchev–Trinajstić information content (AvgIpc) is 3.13. The molecule has 0 radical (unpaired) electrons. The number of amides is 1. The Balaban J connectivity index is 1.79. The summed E-state index contributed by atoms with van der Waals surface area (Å²) in [5.41, 5.74) is 1.46. The Morgan fingerprint density at radius 2 is 1.66 bits per heavy atom. The SMILES string of the molecule is CCCOc1ccc(/C(O)=C2\C(=O)C(=O)N(Cc3ccccc3)C2c2ccc([N+](=O)[O-])cc2)cc1. The Hall–Kier alpha value is -4.46. The van der Waals surface area contributed by atoms with E-state index in [0.717, 1.165) is 12.0 Å². The van der Waals surface area contributed by atoms with Crippen molar-refractivity contribution in [3.05, 3.63) is 111 Å². The van der Waals surface area contributed by atoms with Crippen LogP contribution in [-0.2, 0) is 16.1 Å². The van der Waals surface area contributed by atoms with Gasteiger partial charge in [-0.3, -0.25) is 19.7 Å². The van der Waals surface area contributed by atoms with Crippen molar-refractivity contribution in [1.29, 1.82) is 0 Å². The number of nitro benzene ring substituents is 1. The highest BCUT2D eigenvalue weighted by atomic mass is 16.6. The predicted molar refractivity (Wildman–Crippen MR) is 130 cm³/mol. The highest BCUT2D eigenvalue weighted by Gasteiger charge is 2.46. The first-order valence-corrected chi connectivity index (χ1v) is 11.2. The van der Waals surface area contributed by atoms with Crippen LogP contribution in [0.15, 0.2) is 84.4 Å². The lowest BCUT2D eigenvalue weighted by Gasteiger charge is -2.25. The minimum atomic E-state index is -0.910. The van der Waals surface area contributed by atoms with Crippen LogP contribution in [0, 0.1) is 10.1 Å². The van der Waals surface area contributed by atoms with Crippen molar-refractivity contribution in [2.45, 2.75) is 25.9 Å². The van der Waals surface area contributed by atoms with Crippen LogP contribution in [0.4, 0.5) is 5.69 Å². The molecule has 0 aromatic heterocycles. The second-order valence-corrected chi connectivity index (χ2v) is 8.13. The van der Waals surface area contributed by atoms with Crippen molar-refractivity contribution in [2.24, 2.45) is 0 Å². The van der Waals surface area contributed by atoms with E-state index in [2.05, 4.69) is 0 Å². The van der Waals surface area contributed by atoms with E-state index in [1.807, 2.05) is 37.3 Å². The number of aliphatic hydroxyl groups is 1. The van der Waals surface area contributed by atoms with Crippen LogP contribution < -0.4 is 4.74 Å². The molecule has 8 heteroatoms. The average molecular weight is 472 g/mol. The van der Waals surface area contributed by atoms with E-state index in [4.69, 9.17) is 4.74 Å². The molecular formula is C27H24N2O6. The molecule has 1 N–H and O–H groups in total. The van der Waals surface area contributed by atoms with Gasteiger partial charge in [0.15, 0.2) is 0 Å². The van der Waals surface area contributed by atoms with Crippen LogP contribution in [0.2, 0.25) is 0 Å². The minimum absolute atomic E-state index is 0.0676. The quantitative estimate of drug-likeness (QED) is 0.162. The molecule has 0 spiro atoms. The van der Waals surface area contributed by atoms with Crippen molar-refractivity contribution in [1.82, 2.24) is 4.90 Å². The molecule has 1 fully saturated rings. The lowest BCUT2D eigenvalue weighted by atomic mass is 9.95. The number of carbonyl (C=O) groups excluding carboxylic acids is 2. The maximum atomic E-state index is 13.1. The molecule has 1 amide bonds. The molecular weight excluding hydrogens is 448 g/mol. The number of benzene rings is 3. The molecule has 3 aromatic carbocycles. The fraction of sp³-hybridized carbons (Fsp3) is 0.185. The van der Waals surface area contributed by atoms with Gasteiger partial charge in [0, 0.05) is 24.2 Å². The number of carbonyl (C=O) groups is 2. The van der Waals surface area contributed by atoms with Gasteiger partial charge < -0.3 is 14.7 Å². The Labute approximate surface area is 202 Å². The number of hydrogen-bond donors (Lipinski definition) is 1. The summed E-state index contributed by atoms with van der Waals surface area (Å²) in [6.45, 7) is 2.68. The van der Waals surface area contributed by atoms with E-state index in [-0.39, 0.29) is 23.6 Å². The smallest absolute Gasteiger partial charge is 0.295 e. The van der Waals surface area contributed by atoms with E-state index in [9.17, 15) is 24.8 Å². The third-order valence-corrected chi connectivity index (χ3v) is 5.76. The van der Waals surface area contributed by atoms with Crippen molar-refractivity contribution in [3.8, 4) is 5.75 Å². The number of nitrogens with zero attached hydrogens (tertiary/aromatic N) is 2. The second kappa shape index (κ2) is 10.2.